The quantitative estimate of drug-likeness (QED) is 0.0187. The second-order valence-corrected chi connectivity index (χ2v) is 14.4. The summed E-state index contributed by atoms with van der Waals surface area (Å²) in [6.07, 6.45) is 1.11. The van der Waals surface area contributed by atoms with Crippen LogP contribution in [0, 0.1) is 0 Å². The summed E-state index contributed by atoms with van der Waals surface area (Å²) >= 11 is 0. The molecule has 0 aromatic heterocycles. The predicted octanol–water partition coefficient (Wildman–Crippen LogP) is -6.84. The van der Waals surface area contributed by atoms with E-state index in [0.717, 1.165) is 15.4 Å². The van der Waals surface area contributed by atoms with Crippen LogP contribution in [0.4, 0.5) is 0 Å². The second-order valence-electron chi connectivity index (χ2n) is 14.4. The third-order valence-corrected chi connectivity index (χ3v) is 8.98. The molecule has 1 aromatic carbocycles. The molecule has 0 unspecified atom stereocenters. The van der Waals surface area contributed by atoms with Crippen LogP contribution in [-0.2, 0) is 44.8 Å². The molecule has 63 heavy (non-hydrogen) atoms. The molecule has 0 aliphatic carbocycles. The van der Waals surface area contributed by atoms with Crippen LogP contribution in [0.15, 0.2) is 40.3 Å². The molecule has 0 fully saturated rings. The SMILES string of the molecule is CC(=O)NCCN(CC(=O)NCCN(CC(=O)NCCN(CC(=O)NCCC(N)=O)C(=O)[C@@H](N)CCCN=C(N)N)C(=O)[C@@H](N)CCCN=C(N)N)C(=O)[C@@H](N)Cc1ccccc1. The van der Waals surface area contributed by atoms with Gasteiger partial charge in [-0.25, -0.2) is 0 Å². The Morgan fingerprint density at radius 2 is 0.937 bits per heavy atom. The number of amides is 8. The van der Waals surface area contributed by atoms with Crippen LogP contribution in [-0.4, -0.2) is 171 Å². The van der Waals surface area contributed by atoms with Gasteiger partial charge in [0.2, 0.25) is 47.3 Å². The first-order valence-electron chi connectivity index (χ1n) is 20.4. The van der Waals surface area contributed by atoms with E-state index in [9.17, 15) is 38.4 Å². The van der Waals surface area contributed by atoms with Crippen molar-refractivity contribution in [2.45, 2.75) is 63.6 Å². The molecular weight excluding hydrogens is 823 g/mol. The first kappa shape index (κ1) is 54.4. The van der Waals surface area contributed by atoms with Crippen LogP contribution in [0.1, 0.15) is 44.6 Å². The molecule has 1 aromatic rings. The summed E-state index contributed by atoms with van der Waals surface area (Å²) in [6.45, 7) is -0.345. The van der Waals surface area contributed by atoms with Gasteiger partial charge in [-0.05, 0) is 37.7 Å². The number of aliphatic imine (C=N–C) groups is 2. The van der Waals surface area contributed by atoms with Crippen LogP contribution >= 0.6 is 0 Å². The van der Waals surface area contributed by atoms with E-state index in [0.29, 0.717) is 12.8 Å². The zero-order chi connectivity index (χ0) is 47.3. The fraction of sp³-hybridized carbons (Fsp3) is 0.579. The fourth-order valence-corrected chi connectivity index (χ4v) is 5.79. The number of primary amides is 1. The van der Waals surface area contributed by atoms with Crippen molar-refractivity contribution in [3.63, 3.8) is 0 Å². The highest BCUT2D eigenvalue weighted by atomic mass is 16.2. The highest BCUT2D eigenvalue weighted by Gasteiger charge is 2.27. The summed E-state index contributed by atoms with van der Waals surface area (Å²) in [6, 6.07) is 5.98. The lowest BCUT2D eigenvalue weighted by molar-refractivity contribution is -0.138. The van der Waals surface area contributed by atoms with Crippen LogP contribution in [0.2, 0.25) is 0 Å². The Bertz CT molecular complexity index is 1710. The van der Waals surface area contributed by atoms with E-state index in [1.807, 2.05) is 30.3 Å². The lowest BCUT2D eigenvalue weighted by Gasteiger charge is -2.27. The van der Waals surface area contributed by atoms with Crippen LogP contribution in [0.3, 0.4) is 0 Å². The van der Waals surface area contributed by atoms with Crippen LogP contribution in [0.25, 0.3) is 0 Å². The van der Waals surface area contributed by atoms with Crippen LogP contribution < -0.4 is 67.1 Å². The molecular formula is C38H67N17O8. The summed E-state index contributed by atoms with van der Waals surface area (Å²) in [5.74, 6) is -4.84. The smallest absolute Gasteiger partial charge is 0.240 e. The minimum Gasteiger partial charge on any atom is -0.370 e. The third kappa shape index (κ3) is 25.1. The summed E-state index contributed by atoms with van der Waals surface area (Å²) < 4.78 is 0. The van der Waals surface area contributed by atoms with Crippen molar-refractivity contribution in [3.8, 4) is 0 Å². The minimum absolute atomic E-state index is 0.0117. The van der Waals surface area contributed by atoms with E-state index in [1.54, 1.807) is 0 Å². The Kier molecular flexibility index (Phi) is 26.3. The lowest BCUT2D eigenvalue weighted by atomic mass is 10.1. The van der Waals surface area contributed by atoms with Gasteiger partial charge in [0.15, 0.2) is 11.9 Å². The third-order valence-electron chi connectivity index (χ3n) is 8.98. The maximum Gasteiger partial charge on any atom is 0.240 e. The number of guanidine groups is 2. The molecule has 0 aliphatic rings. The molecule has 1 rings (SSSR count). The molecule has 0 saturated carbocycles. The van der Waals surface area contributed by atoms with Crippen molar-refractivity contribution < 1.29 is 38.4 Å². The molecule has 8 amide bonds. The molecule has 0 saturated heterocycles. The Morgan fingerprint density at radius 1 is 0.556 bits per heavy atom. The van der Waals surface area contributed by atoms with Gasteiger partial charge < -0.3 is 81.8 Å². The van der Waals surface area contributed by atoms with Gasteiger partial charge in [-0.15, -0.1) is 0 Å². The zero-order valence-electron chi connectivity index (χ0n) is 36.0. The van der Waals surface area contributed by atoms with E-state index in [1.165, 1.54) is 11.8 Å². The zero-order valence-corrected chi connectivity index (χ0v) is 36.0. The van der Waals surface area contributed by atoms with Crippen molar-refractivity contribution in [3.05, 3.63) is 35.9 Å². The number of carbonyl (C=O) groups is 8. The van der Waals surface area contributed by atoms with Gasteiger partial charge in [0.1, 0.15) is 0 Å². The Morgan fingerprint density at radius 3 is 1.32 bits per heavy atom. The molecule has 0 bridgehead atoms. The topological polar surface area (TPSA) is 427 Å². The van der Waals surface area contributed by atoms with Gasteiger partial charge in [-0.3, -0.25) is 48.3 Å². The van der Waals surface area contributed by atoms with Gasteiger partial charge in [0.25, 0.3) is 0 Å². The monoisotopic (exact) mass is 890 g/mol. The van der Waals surface area contributed by atoms with Gasteiger partial charge >= 0.3 is 0 Å². The van der Waals surface area contributed by atoms with Crippen molar-refractivity contribution in [2.24, 2.45) is 55.9 Å². The van der Waals surface area contributed by atoms with E-state index in [-0.39, 0.29) is 102 Å². The number of nitrogens with one attached hydrogen (secondary N) is 4. The van der Waals surface area contributed by atoms with E-state index >= 15 is 0 Å². The maximum atomic E-state index is 13.5. The average molecular weight is 890 g/mol. The van der Waals surface area contributed by atoms with Crippen molar-refractivity contribution >= 4 is 59.2 Å². The molecule has 0 radical (unpaired) electrons. The van der Waals surface area contributed by atoms with Gasteiger partial charge in [0, 0.05) is 72.2 Å². The molecule has 20 N–H and O–H groups in total. The number of hydrogen-bond acceptors (Lipinski definition) is 13. The van der Waals surface area contributed by atoms with Crippen molar-refractivity contribution in [1.82, 2.24) is 36.0 Å². The van der Waals surface area contributed by atoms with E-state index < -0.39 is 79.1 Å². The highest BCUT2D eigenvalue weighted by molar-refractivity contribution is 5.90. The van der Waals surface area contributed by atoms with E-state index in [2.05, 4.69) is 31.3 Å². The van der Waals surface area contributed by atoms with Gasteiger partial charge in [-0.2, -0.15) is 0 Å². The highest BCUT2D eigenvalue weighted by Crippen LogP contribution is 2.06. The molecule has 0 spiro atoms. The summed E-state index contributed by atoms with van der Waals surface area (Å²) in [5, 5.41) is 10.4. The van der Waals surface area contributed by atoms with E-state index in [4.69, 9.17) is 45.9 Å². The first-order chi connectivity index (χ1) is 29.8. The van der Waals surface area contributed by atoms with Crippen molar-refractivity contribution in [1.29, 1.82) is 0 Å². The summed E-state index contributed by atoms with van der Waals surface area (Å²) in [5.41, 5.74) is 46.0. The number of carbonyl (C=O) groups excluding carboxylic acids is 8. The Labute approximate surface area is 366 Å². The molecule has 25 nitrogen and oxygen atoms in total. The molecule has 352 valence electrons. The number of nitrogens with two attached hydrogens (primary N) is 8. The fourth-order valence-electron chi connectivity index (χ4n) is 5.79. The largest absolute Gasteiger partial charge is 0.370 e. The predicted molar refractivity (Wildman–Crippen MR) is 235 cm³/mol. The van der Waals surface area contributed by atoms with Gasteiger partial charge in [0.05, 0.1) is 37.8 Å². The maximum absolute atomic E-state index is 13.5. The summed E-state index contributed by atoms with van der Waals surface area (Å²) in [4.78, 5) is 113. The number of rotatable bonds is 31. The molecule has 0 heterocycles. The Hall–Kier alpha value is -6.60. The summed E-state index contributed by atoms with van der Waals surface area (Å²) in [7, 11) is 0. The second kappa shape index (κ2) is 30.4. The van der Waals surface area contributed by atoms with Crippen LogP contribution in [0.5, 0.6) is 0 Å². The van der Waals surface area contributed by atoms with Gasteiger partial charge in [-0.1, -0.05) is 30.3 Å². The normalized spacial score (nSPS) is 12.0. The van der Waals surface area contributed by atoms with Crippen molar-refractivity contribution in [2.75, 3.05) is 78.5 Å². The molecule has 0 aliphatic heterocycles. The first-order valence-corrected chi connectivity index (χ1v) is 20.4. The number of hydrogen-bond donors (Lipinski definition) is 12. The average Bonchev–Trinajstić information content (AvgIpc) is 3.21. The lowest BCUT2D eigenvalue weighted by Crippen LogP contribution is -2.53. The Balaban J connectivity index is 3.07. The standard InChI is InChI=1S/C38H67N17O8/c1-25(56)47-15-18-55(36(63)29(41)21-26-7-3-2-4-8-26)24-33(60)50-17-20-54(35(62)28(40)10-6-13-52-38(45)46)23-32(59)49-16-19-53(22-31(58)48-14-11-30(42)57)34(61)27(39)9-5-12-51-37(43)44/h2-4,7-8,27-29H,5-6,9-24,39-41H2,1H3,(H2,42,57)(H,47,56)(H,48,58)(H,49,59)(H,50,60)(H4,43,44,51)(H4,45,46,52)/t27-,28-,29-/m0/s1. The molecule has 3 atom stereocenters. The minimum atomic E-state index is -1.08. The number of benzene rings is 1. The molecule has 25 heteroatoms. The number of nitrogens with zero attached hydrogens (tertiary/aromatic N) is 5.